The zero-order chi connectivity index (χ0) is 11.6. The van der Waals surface area contributed by atoms with Gasteiger partial charge in [0.25, 0.3) is 0 Å². The average Bonchev–Trinajstić information content (AvgIpc) is 2.14. The smallest absolute Gasteiger partial charge is 0.0590 e. The van der Waals surface area contributed by atoms with Gasteiger partial charge in [0.05, 0.1) is 6.61 Å². The van der Waals surface area contributed by atoms with E-state index in [1.54, 1.807) is 0 Å². The molecule has 0 aromatic carbocycles. The first-order chi connectivity index (χ1) is 7.06. The van der Waals surface area contributed by atoms with Crippen LogP contribution in [0.4, 0.5) is 0 Å². The number of hydrogen-bond acceptors (Lipinski definition) is 3. The lowest BCUT2D eigenvalue weighted by Crippen LogP contribution is -2.40. The number of hydrogen-bond donors (Lipinski definition) is 2. The fourth-order valence-electron chi connectivity index (χ4n) is 1.14. The zero-order valence-corrected chi connectivity index (χ0v) is 10.9. The second-order valence-electron chi connectivity index (χ2n) is 4.89. The molecule has 0 spiro atoms. The topological polar surface area (TPSA) is 33.3 Å². The molecule has 3 heteroatoms. The molecule has 3 nitrogen and oxygen atoms in total. The molecule has 0 unspecified atom stereocenters. The lowest BCUT2D eigenvalue weighted by molar-refractivity contribution is 0.133. The van der Waals surface area contributed by atoms with Crippen molar-refractivity contribution in [1.82, 2.24) is 10.6 Å². The maximum absolute atomic E-state index is 5.44. The molecule has 0 aliphatic carbocycles. The third kappa shape index (κ3) is 13.9. The van der Waals surface area contributed by atoms with Crippen LogP contribution in [-0.2, 0) is 4.74 Å². The van der Waals surface area contributed by atoms with Gasteiger partial charge in [-0.3, -0.25) is 0 Å². The summed E-state index contributed by atoms with van der Waals surface area (Å²) in [6, 6.07) is 0. The summed E-state index contributed by atoms with van der Waals surface area (Å²) in [6.07, 6.45) is 2.38. The third-order valence-corrected chi connectivity index (χ3v) is 2.02. The van der Waals surface area contributed by atoms with Crippen LogP contribution < -0.4 is 10.6 Å². The largest absolute Gasteiger partial charge is 0.380 e. The molecule has 0 atom stereocenters. The van der Waals surface area contributed by atoms with E-state index in [2.05, 4.69) is 38.3 Å². The van der Waals surface area contributed by atoms with Crippen LogP contribution in [-0.4, -0.2) is 38.4 Å². The van der Waals surface area contributed by atoms with Gasteiger partial charge in [-0.2, -0.15) is 0 Å². The minimum atomic E-state index is 0.222. The minimum absolute atomic E-state index is 0.222. The summed E-state index contributed by atoms with van der Waals surface area (Å²) < 4.78 is 5.44. The van der Waals surface area contributed by atoms with E-state index in [1.807, 2.05) is 0 Å². The van der Waals surface area contributed by atoms with Gasteiger partial charge in [-0.25, -0.2) is 0 Å². The van der Waals surface area contributed by atoms with Crippen LogP contribution in [0.5, 0.6) is 0 Å². The Morgan fingerprint density at radius 3 is 2.33 bits per heavy atom. The second-order valence-corrected chi connectivity index (χ2v) is 4.89. The highest BCUT2D eigenvalue weighted by atomic mass is 16.5. The van der Waals surface area contributed by atoms with Crippen LogP contribution in [0, 0.1) is 0 Å². The number of ether oxygens (including phenoxy) is 1. The summed E-state index contributed by atoms with van der Waals surface area (Å²) in [5.74, 6) is 0. The molecular weight excluding hydrogens is 188 g/mol. The van der Waals surface area contributed by atoms with E-state index in [9.17, 15) is 0 Å². The molecule has 0 bridgehead atoms. The lowest BCUT2D eigenvalue weighted by Gasteiger charge is -2.20. The predicted octanol–water partition coefficient (Wildman–Crippen LogP) is 1.78. The molecule has 2 N–H and O–H groups in total. The molecule has 15 heavy (non-hydrogen) atoms. The van der Waals surface area contributed by atoms with Crippen molar-refractivity contribution in [3.05, 3.63) is 0 Å². The van der Waals surface area contributed by atoms with Crippen LogP contribution in [0.2, 0.25) is 0 Å². The van der Waals surface area contributed by atoms with Gasteiger partial charge in [0, 0.05) is 31.8 Å². The van der Waals surface area contributed by atoms with E-state index in [-0.39, 0.29) is 5.54 Å². The highest BCUT2D eigenvalue weighted by Crippen LogP contribution is 1.96. The van der Waals surface area contributed by atoms with Crippen molar-refractivity contribution in [3.8, 4) is 0 Å². The maximum atomic E-state index is 5.44. The summed E-state index contributed by atoms with van der Waals surface area (Å²) >= 11 is 0. The molecule has 0 saturated carbocycles. The van der Waals surface area contributed by atoms with Crippen LogP contribution in [0.3, 0.4) is 0 Å². The molecule has 0 saturated heterocycles. The maximum Gasteiger partial charge on any atom is 0.0590 e. The van der Waals surface area contributed by atoms with Crippen LogP contribution in [0.15, 0.2) is 0 Å². The van der Waals surface area contributed by atoms with Crippen molar-refractivity contribution < 1.29 is 4.74 Å². The summed E-state index contributed by atoms with van der Waals surface area (Å²) in [4.78, 5) is 0. The standard InChI is InChI=1S/C12H28N2O/c1-5-6-10-15-11-9-13-7-8-14-12(2,3)4/h13-14H,5-11H2,1-4H3. The first-order valence-electron chi connectivity index (χ1n) is 6.10. The van der Waals surface area contributed by atoms with Crippen LogP contribution >= 0.6 is 0 Å². The lowest BCUT2D eigenvalue weighted by atomic mass is 10.1. The Morgan fingerprint density at radius 1 is 1.00 bits per heavy atom. The van der Waals surface area contributed by atoms with Crippen molar-refractivity contribution in [2.24, 2.45) is 0 Å². The molecule has 0 fully saturated rings. The average molecular weight is 216 g/mol. The van der Waals surface area contributed by atoms with Gasteiger partial charge in [0.1, 0.15) is 0 Å². The van der Waals surface area contributed by atoms with Crippen molar-refractivity contribution >= 4 is 0 Å². The van der Waals surface area contributed by atoms with Gasteiger partial charge in [-0.15, -0.1) is 0 Å². The summed E-state index contributed by atoms with van der Waals surface area (Å²) in [6.45, 7) is 13.4. The molecule has 0 aliphatic rings. The quantitative estimate of drug-likeness (QED) is 0.576. The Balaban J connectivity index is 2.99. The van der Waals surface area contributed by atoms with Crippen molar-refractivity contribution in [2.75, 3.05) is 32.8 Å². The molecular formula is C12H28N2O. The normalized spacial score (nSPS) is 12.0. The Kier molecular flexibility index (Phi) is 9.06. The highest BCUT2D eigenvalue weighted by Gasteiger charge is 2.06. The first kappa shape index (κ1) is 14.9. The number of rotatable bonds is 9. The summed E-state index contributed by atoms with van der Waals surface area (Å²) in [5, 5.41) is 6.78. The number of unbranched alkanes of at least 4 members (excludes halogenated alkanes) is 1. The molecule has 0 aromatic heterocycles. The minimum Gasteiger partial charge on any atom is -0.380 e. The Morgan fingerprint density at radius 2 is 1.73 bits per heavy atom. The van der Waals surface area contributed by atoms with E-state index in [0.717, 1.165) is 32.8 Å². The fraction of sp³-hybridized carbons (Fsp3) is 1.00. The molecule has 0 rings (SSSR count). The van der Waals surface area contributed by atoms with E-state index in [0.29, 0.717) is 0 Å². The van der Waals surface area contributed by atoms with Gasteiger partial charge < -0.3 is 15.4 Å². The zero-order valence-electron chi connectivity index (χ0n) is 10.9. The molecule has 92 valence electrons. The first-order valence-corrected chi connectivity index (χ1v) is 6.10. The van der Waals surface area contributed by atoms with Crippen LogP contribution in [0.1, 0.15) is 40.5 Å². The van der Waals surface area contributed by atoms with E-state index in [1.165, 1.54) is 12.8 Å². The van der Waals surface area contributed by atoms with Gasteiger partial charge in [-0.05, 0) is 27.2 Å². The Hall–Kier alpha value is -0.120. The SMILES string of the molecule is CCCCOCCNCCNC(C)(C)C. The molecule has 0 aliphatic heterocycles. The monoisotopic (exact) mass is 216 g/mol. The third-order valence-electron chi connectivity index (χ3n) is 2.02. The van der Waals surface area contributed by atoms with Gasteiger partial charge in [-0.1, -0.05) is 13.3 Å². The van der Waals surface area contributed by atoms with Gasteiger partial charge >= 0.3 is 0 Å². The highest BCUT2D eigenvalue weighted by molar-refractivity contribution is 4.70. The molecule has 0 radical (unpaired) electrons. The summed E-state index contributed by atoms with van der Waals surface area (Å²) in [5.41, 5.74) is 0.222. The van der Waals surface area contributed by atoms with Crippen LogP contribution in [0.25, 0.3) is 0 Å². The van der Waals surface area contributed by atoms with E-state index < -0.39 is 0 Å². The fourth-order valence-corrected chi connectivity index (χ4v) is 1.14. The molecule has 0 heterocycles. The van der Waals surface area contributed by atoms with Crippen molar-refractivity contribution in [1.29, 1.82) is 0 Å². The van der Waals surface area contributed by atoms with E-state index in [4.69, 9.17) is 4.74 Å². The Labute approximate surface area is 95.0 Å². The number of nitrogens with one attached hydrogen (secondary N) is 2. The second kappa shape index (κ2) is 9.13. The van der Waals surface area contributed by atoms with Gasteiger partial charge in [0.2, 0.25) is 0 Å². The molecule has 0 amide bonds. The Bertz CT molecular complexity index is 132. The predicted molar refractivity (Wildman–Crippen MR) is 66.4 cm³/mol. The molecule has 0 aromatic rings. The van der Waals surface area contributed by atoms with Crippen molar-refractivity contribution in [2.45, 2.75) is 46.1 Å². The summed E-state index contributed by atoms with van der Waals surface area (Å²) in [7, 11) is 0. The van der Waals surface area contributed by atoms with Gasteiger partial charge in [0.15, 0.2) is 0 Å². The van der Waals surface area contributed by atoms with E-state index >= 15 is 0 Å². The van der Waals surface area contributed by atoms with Crippen molar-refractivity contribution in [3.63, 3.8) is 0 Å².